The molecule has 0 radical (unpaired) electrons. The molecule has 0 atom stereocenters. The molecule has 0 bridgehead atoms. The molecule has 0 aliphatic carbocycles. The van der Waals surface area contributed by atoms with Gasteiger partial charge in [0.25, 0.3) is 0 Å². The van der Waals surface area contributed by atoms with E-state index >= 15 is 0 Å². The fourth-order valence-electron chi connectivity index (χ4n) is 1.40. The van der Waals surface area contributed by atoms with Crippen LogP contribution >= 0.6 is 0 Å². The van der Waals surface area contributed by atoms with Crippen molar-refractivity contribution in [2.24, 2.45) is 21.6 Å². The van der Waals surface area contributed by atoms with Gasteiger partial charge in [0.2, 0.25) is 0 Å². The molecule has 0 aliphatic heterocycles. The van der Waals surface area contributed by atoms with Crippen LogP contribution in [0.15, 0.2) is 52.8 Å². The van der Waals surface area contributed by atoms with E-state index in [2.05, 4.69) is 16.7 Å². The Hall–Kier alpha value is -2.56. The van der Waals surface area contributed by atoms with E-state index < -0.39 is 0 Å². The van der Waals surface area contributed by atoms with Crippen LogP contribution in [-0.2, 0) is 0 Å². The number of aryl methyl sites for hydroxylation is 1. The molecule has 0 unspecified atom stereocenters. The number of aliphatic imine (C=N–C) groups is 1. The van der Waals surface area contributed by atoms with E-state index in [1.807, 2.05) is 31.2 Å². The maximum atomic E-state index is 8.72. The van der Waals surface area contributed by atoms with Crippen LogP contribution in [-0.4, -0.2) is 16.8 Å². The molecule has 0 spiro atoms. The Morgan fingerprint density at radius 1 is 1.26 bits per heavy atom. The normalized spacial score (nSPS) is 13.5. The summed E-state index contributed by atoms with van der Waals surface area (Å²) in [5.41, 5.74) is 14.8. The highest BCUT2D eigenvalue weighted by atomic mass is 16.4. The van der Waals surface area contributed by atoms with E-state index in [-0.39, 0.29) is 11.5 Å². The van der Waals surface area contributed by atoms with Crippen molar-refractivity contribution in [3.05, 3.63) is 53.7 Å². The zero-order valence-corrected chi connectivity index (χ0v) is 11.1. The summed E-state index contributed by atoms with van der Waals surface area (Å²) in [7, 11) is 0. The minimum absolute atomic E-state index is 0.113. The van der Waals surface area contributed by atoms with Gasteiger partial charge in [-0.2, -0.15) is 0 Å². The summed E-state index contributed by atoms with van der Waals surface area (Å²) in [6.45, 7) is 7.36. The van der Waals surface area contributed by atoms with E-state index in [4.69, 9.17) is 16.7 Å². The second-order valence-electron chi connectivity index (χ2n) is 4.18. The number of oxime groups is 1. The number of hydrogen-bond acceptors (Lipinski definition) is 4. The Bertz CT molecular complexity index is 553. The molecule has 1 rings (SSSR count). The number of amidine groups is 1. The minimum Gasteiger partial charge on any atom is -0.409 e. The molecular formula is C14H18N4O. The van der Waals surface area contributed by atoms with Crippen molar-refractivity contribution in [1.82, 2.24) is 0 Å². The first-order valence-corrected chi connectivity index (χ1v) is 5.70. The van der Waals surface area contributed by atoms with Crippen LogP contribution in [0.25, 0.3) is 5.70 Å². The van der Waals surface area contributed by atoms with Crippen LogP contribution in [0, 0.1) is 6.92 Å². The zero-order chi connectivity index (χ0) is 14.4. The number of benzene rings is 1. The summed E-state index contributed by atoms with van der Waals surface area (Å²) < 4.78 is 0. The lowest BCUT2D eigenvalue weighted by molar-refractivity contribution is 0.319. The Morgan fingerprint density at radius 2 is 1.84 bits per heavy atom. The lowest BCUT2D eigenvalue weighted by Gasteiger charge is -2.04. The maximum Gasteiger partial charge on any atom is 0.188 e. The predicted molar refractivity (Wildman–Crippen MR) is 79.0 cm³/mol. The molecule has 1 aromatic rings. The molecule has 100 valence electrons. The van der Waals surface area contributed by atoms with Gasteiger partial charge in [0.05, 0.1) is 0 Å². The number of nitrogens with two attached hydrogens (primary N) is 2. The lowest BCUT2D eigenvalue weighted by Crippen LogP contribution is -2.23. The fourth-order valence-corrected chi connectivity index (χ4v) is 1.40. The third-order valence-electron chi connectivity index (χ3n) is 2.36. The summed E-state index contributed by atoms with van der Waals surface area (Å²) in [5, 5.41) is 11.6. The highest BCUT2D eigenvalue weighted by Crippen LogP contribution is 2.10. The van der Waals surface area contributed by atoms with Gasteiger partial charge in [0.1, 0.15) is 5.71 Å². The maximum absolute atomic E-state index is 8.72. The number of rotatable bonds is 4. The van der Waals surface area contributed by atoms with Crippen LogP contribution in [0.5, 0.6) is 0 Å². The van der Waals surface area contributed by atoms with Gasteiger partial charge in [0, 0.05) is 11.4 Å². The molecule has 0 aliphatic rings. The minimum atomic E-state index is -0.113. The molecule has 0 heterocycles. The third-order valence-corrected chi connectivity index (χ3v) is 2.36. The summed E-state index contributed by atoms with van der Waals surface area (Å²) >= 11 is 0. The van der Waals surface area contributed by atoms with Gasteiger partial charge in [-0.25, -0.2) is 0 Å². The largest absolute Gasteiger partial charge is 0.409 e. The van der Waals surface area contributed by atoms with Crippen LogP contribution in [0.2, 0.25) is 0 Å². The van der Waals surface area contributed by atoms with Gasteiger partial charge in [-0.1, -0.05) is 41.6 Å². The van der Waals surface area contributed by atoms with Gasteiger partial charge in [0.15, 0.2) is 5.84 Å². The fraction of sp³-hybridized carbons (Fsp3) is 0.143. The molecule has 5 N–H and O–H groups in total. The van der Waals surface area contributed by atoms with E-state index in [1.54, 1.807) is 13.0 Å². The Morgan fingerprint density at radius 3 is 2.32 bits per heavy atom. The predicted octanol–water partition coefficient (Wildman–Crippen LogP) is 2.02. The second kappa shape index (κ2) is 6.39. The van der Waals surface area contributed by atoms with Crippen LogP contribution in [0.4, 0.5) is 0 Å². The second-order valence-corrected chi connectivity index (χ2v) is 4.18. The number of allylic oxidation sites excluding steroid dienone is 1. The average molecular weight is 258 g/mol. The molecule has 5 heteroatoms. The van der Waals surface area contributed by atoms with Crippen LogP contribution in [0.1, 0.15) is 18.1 Å². The van der Waals surface area contributed by atoms with Crippen LogP contribution in [0.3, 0.4) is 0 Å². The Labute approximate surface area is 112 Å². The van der Waals surface area contributed by atoms with Crippen LogP contribution < -0.4 is 11.5 Å². The lowest BCUT2D eigenvalue weighted by atomic mass is 10.1. The number of nitrogens with zero attached hydrogens (tertiary/aromatic N) is 2. The first kappa shape index (κ1) is 14.5. The van der Waals surface area contributed by atoms with Gasteiger partial charge in [-0.15, -0.1) is 0 Å². The van der Waals surface area contributed by atoms with Gasteiger partial charge >= 0.3 is 0 Å². The standard InChI is InChI=1S/C14H18N4O/c1-9(2)17-13(14(16)18-19)8-12(15)11-6-4-10(3)5-7-11/h4-8,19H,1,15H2,2-3H3,(H2,16,18)/b12-8-,17-13+. The van der Waals surface area contributed by atoms with Gasteiger partial charge in [-0.05, 0) is 25.5 Å². The van der Waals surface area contributed by atoms with E-state index in [1.165, 1.54) is 0 Å². The molecule has 0 fully saturated rings. The topological polar surface area (TPSA) is 97.0 Å². The number of hydrogen-bond donors (Lipinski definition) is 3. The van der Waals surface area contributed by atoms with Crippen molar-refractivity contribution >= 4 is 17.2 Å². The van der Waals surface area contributed by atoms with Crippen molar-refractivity contribution in [2.75, 3.05) is 0 Å². The summed E-state index contributed by atoms with van der Waals surface area (Å²) in [6, 6.07) is 7.70. The highest BCUT2D eigenvalue weighted by molar-refractivity contribution is 6.46. The van der Waals surface area contributed by atoms with Crippen molar-refractivity contribution < 1.29 is 5.21 Å². The molecule has 0 amide bonds. The van der Waals surface area contributed by atoms with Crippen molar-refractivity contribution in [3.63, 3.8) is 0 Å². The summed E-state index contributed by atoms with van der Waals surface area (Å²) in [5.74, 6) is -0.113. The molecule has 0 aromatic heterocycles. The highest BCUT2D eigenvalue weighted by Gasteiger charge is 2.05. The Kier molecular flexibility index (Phi) is 4.88. The first-order valence-electron chi connectivity index (χ1n) is 5.70. The molecule has 0 saturated carbocycles. The molecule has 1 aromatic carbocycles. The summed E-state index contributed by atoms with van der Waals surface area (Å²) in [6.07, 6.45) is 1.55. The monoisotopic (exact) mass is 258 g/mol. The molecule has 5 nitrogen and oxygen atoms in total. The van der Waals surface area contributed by atoms with Gasteiger partial charge in [-0.3, -0.25) is 4.99 Å². The molecule has 19 heavy (non-hydrogen) atoms. The van der Waals surface area contributed by atoms with Gasteiger partial charge < -0.3 is 16.7 Å². The third kappa shape index (κ3) is 4.31. The average Bonchev–Trinajstić information content (AvgIpc) is 2.37. The van der Waals surface area contributed by atoms with Crippen molar-refractivity contribution in [3.8, 4) is 0 Å². The Balaban J connectivity index is 3.16. The molecule has 0 saturated heterocycles. The smallest absolute Gasteiger partial charge is 0.188 e. The zero-order valence-electron chi connectivity index (χ0n) is 11.1. The first-order chi connectivity index (χ1) is 8.93. The van der Waals surface area contributed by atoms with E-state index in [0.717, 1.165) is 11.1 Å². The van der Waals surface area contributed by atoms with E-state index in [9.17, 15) is 0 Å². The molecular weight excluding hydrogens is 240 g/mol. The van der Waals surface area contributed by atoms with Crippen molar-refractivity contribution in [1.29, 1.82) is 0 Å². The van der Waals surface area contributed by atoms with Crippen molar-refractivity contribution in [2.45, 2.75) is 13.8 Å². The van der Waals surface area contributed by atoms with E-state index in [0.29, 0.717) is 11.4 Å². The quantitative estimate of drug-likeness (QED) is 0.333. The summed E-state index contributed by atoms with van der Waals surface area (Å²) in [4.78, 5) is 4.08. The SMILES string of the molecule is C=C(C)/N=C(\C=C(/N)c1ccc(C)cc1)C(/N)=N/O.